The van der Waals surface area contributed by atoms with Crippen LogP contribution in [0.1, 0.15) is 323 Å². The molecule has 6 heteroatoms. The van der Waals surface area contributed by atoms with Crippen molar-refractivity contribution in [1.29, 1.82) is 0 Å². The molecule has 0 saturated heterocycles. The van der Waals surface area contributed by atoms with E-state index in [1.54, 1.807) is 0 Å². The van der Waals surface area contributed by atoms with Crippen LogP contribution in [0.25, 0.3) is 0 Å². The number of rotatable bonds is 54. The number of carbonyl (C=O) groups is 3. The molecule has 0 radical (unpaired) electrons. The summed E-state index contributed by atoms with van der Waals surface area (Å²) in [6, 6.07) is 0. The fraction of sp³-hybridized carbons (Fsp3) is 0.883. The average Bonchev–Trinajstić information content (AvgIpc) is 3.31. The molecule has 0 heterocycles. The molecule has 0 aliphatic heterocycles. The molecule has 0 aromatic heterocycles. The molecule has 0 spiro atoms. The van der Waals surface area contributed by atoms with Crippen molar-refractivity contribution in [3.05, 3.63) is 24.3 Å². The lowest BCUT2D eigenvalue weighted by Crippen LogP contribution is -2.30. The first-order valence-corrected chi connectivity index (χ1v) is 29.3. The van der Waals surface area contributed by atoms with Crippen LogP contribution in [0.5, 0.6) is 0 Å². The lowest BCUT2D eigenvalue weighted by atomic mass is 10.0. The number of carbonyl (C=O) groups excluding carboxylic acids is 3. The zero-order valence-electron chi connectivity index (χ0n) is 44.5. The quantitative estimate of drug-likeness (QED) is 0.0262. The van der Waals surface area contributed by atoms with Gasteiger partial charge in [-0.05, 0) is 70.6 Å². The Morgan fingerprint density at radius 3 is 0.758 bits per heavy atom. The molecule has 0 amide bonds. The van der Waals surface area contributed by atoms with Crippen LogP contribution in [0.4, 0.5) is 0 Å². The summed E-state index contributed by atoms with van der Waals surface area (Å²) >= 11 is 0. The van der Waals surface area contributed by atoms with E-state index in [4.69, 9.17) is 14.2 Å². The Hall–Kier alpha value is -2.11. The molecule has 0 saturated carbocycles. The van der Waals surface area contributed by atoms with E-state index in [1.165, 1.54) is 225 Å². The third-order valence-electron chi connectivity index (χ3n) is 13.2. The van der Waals surface area contributed by atoms with Gasteiger partial charge in [0.25, 0.3) is 0 Å². The Morgan fingerprint density at radius 2 is 0.500 bits per heavy atom. The van der Waals surface area contributed by atoms with Gasteiger partial charge >= 0.3 is 17.9 Å². The highest BCUT2D eigenvalue weighted by Gasteiger charge is 2.19. The molecular weight excluding hydrogens is 817 g/mol. The molecule has 0 fully saturated rings. The zero-order chi connectivity index (χ0) is 47.9. The average molecular weight is 930 g/mol. The highest BCUT2D eigenvalue weighted by molar-refractivity contribution is 5.71. The molecule has 1 atom stereocenters. The summed E-state index contributed by atoms with van der Waals surface area (Å²) in [5, 5.41) is 0. The van der Waals surface area contributed by atoms with E-state index < -0.39 is 6.10 Å². The number of esters is 3. The molecular formula is C60H112O6. The van der Waals surface area contributed by atoms with Gasteiger partial charge in [-0.15, -0.1) is 0 Å². The number of hydrogen-bond donors (Lipinski definition) is 0. The minimum Gasteiger partial charge on any atom is -0.462 e. The van der Waals surface area contributed by atoms with Crippen molar-refractivity contribution in [2.75, 3.05) is 13.2 Å². The largest absolute Gasteiger partial charge is 0.462 e. The van der Waals surface area contributed by atoms with Gasteiger partial charge < -0.3 is 14.2 Å². The normalized spacial score (nSPS) is 12.1. The van der Waals surface area contributed by atoms with Crippen molar-refractivity contribution in [3.8, 4) is 0 Å². The number of unbranched alkanes of at least 4 members (excludes halogenated alkanes) is 39. The molecule has 0 rings (SSSR count). The Balaban J connectivity index is 4.34. The topological polar surface area (TPSA) is 78.9 Å². The van der Waals surface area contributed by atoms with Crippen LogP contribution in [0.3, 0.4) is 0 Å². The van der Waals surface area contributed by atoms with Gasteiger partial charge in [-0.1, -0.05) is 257 Å². The maximum Gasteiger partial charge on any atom is 0.306 e. The van der Waals surface area contributed by atoms with Crippen molar-refractivity contribution in [2.24, 2.45) is 0 Å². The van der Waals surface area contributed by atoms with Gasteiger partial charge in [0, 0.05) is 19.3 Å². The Bertz CT molecular complexity index is 1070. The van der Waals surface area contributed by atoms with Crippen LogP contribution in [-0.4, -0.2) is 37.2 Å². The molecule has 0 aliphatic rings. The fourth-order valence-electron chi connectivity index (χ4n) is 8.73. The van der Waals surface area contributed by atoms with Crippen molar-refractivity contribution >= 4 is 17.9 Å². The Kier molecular flexibility index (Phi) is 53.7. The lowest BCUT2D eigenvalue weighted by Gasteiger charge is -2.18. The van der Waals surface area contributed by atoms with Crippen molar-refractivity contribution in [3.63, 3.8) is 0 Å². The molecule has 6 nitrogen and oxygen atoms in total. The van der Waals surface area contributed by atoms with E-state index in [2.05, 4.69) is 45.1 Å². The summed E-state index contributed by atoms with van der Waals surface area (Å²) in [4.78, 5) is 38.2. The molecule has 0 unspecified atom stereocenters. The third kappa shape index (κ3) is 52.9. The van der Waals surface area contributed by atoms with Crippen molar-refractivity contribution < 1.29 is 28.6 Å². The standard InChI is InChI=1S/C60H112O6/c1-4-7-10-13-16-19-22-25-28-30-32-35-38-41-44-47-50-53-59(62)65-56-57(55-64-58(61)52-49-46-43-40-37-34-27-24-21-18-15-12-9-6-3)66-60(63)54-51-48-45-42-39-36-33-31-29-26-23-20-17-14-11-8-5-2/h25-26,28-29,57H,4-24,27,30-56H2,1-3H3/b28-25+,29-26+/t57-/m1/s1. The van der Waals surface area contributed by atoms with Crippen molar-refractivity contribution in [1.82, 2.24) is 0 Å². The first-order chi connectivity index (χ1) is 32.5. The van der Waals surface area contributed by atoms with Gasteiger partial charge in [0.1, 0.15) is 13.2 Å². The second kappa shape index (κ2) is 55.5. The first kappa shape index (κ1) is 63.9. The van der Waals surface area contributed by atoms with Gasteiger partial charge in [-0.25, -0.2) is 0 Å². The molecule has 0 aliphatic carbocycles. The first-order valence-electron chi connectivity index (χ1n) is 29.3. The summed E-state index contributed by atoms with van der Waals surface area (Å²) < 4.78 is 16.9. The van der Waals surface area contributed by atoms with E-state index in [9.17, 15) is 14.4 Å². The Morgan fingerprint density at radius 1 is 0.288 bits per heavy atom. The van der Waals surface area contributed by atoms with E-state index in [-0.39, 0.29) is 31.1 Å². The van der Waals surface area contributed by atoms with Crippen LogP contribution in [0, 0.1) is 0 Å². The van der Waals surface area contributed by atoms with E-state index in [1.807, 2.05) is 0 Å². The van der Waals surface area contributed by atoms with Crippen LogP contribution in [0.15, 0.2) is 24.3 Å². The second-order valence-corrected chi connectivity index (χ2v) is 19.9. The van der Waals surface area contributed by atoms with E-state index in [0.717, 1.165) is 57.8 Å². The minimum atomic E-state index is -0.771. The molecule has 0 aromatic carbocycles. The van der Waals surface area contributed by atoms with Crippen LogP contribution in [0.2, 0.25) is 0 Å². The molecule has 0 bridgehead atoms. The fourth-order valence-corrected chi connectivity index (χ4v) is 8.73. The second-order valence-electron chi connectivity index (χ2n) is 19.9. The minimum absolute atomic E-state index is 0.0698. The maximum absolute atomic E-state index is 12.9. The van der Waals surface area contributed by atoms with Crippen LogP contribution in [-0.2, 0) is 28.6 Å². The van der Waals surface area contributed by atoms with Crippen LogP contribution >= 0.6 is 0 Å². The van der Waals surface area contributed by atoms with Gasteiger partial charge in [-0.2, -0.15) is 0 Å². The van der Waals surface area contributed by atoms with Gasteiger partial charge in [-0.3, -0.25) is 14.4 Å². The predicted octanol–water partition coefficient (Wildman–Crippen LogP) is 19.5. The monoisotopic (exact) mass is 929 g/mol. The zero-order valence-corrected chi connectivity index (χ0v) is 44.5. The summed E-state index contributed by atoms with van der Waals surface area (Å²) in [5.41, 5.74) is 0. The van der Waals surface area contributed by atoms with Crippen LogP contribution < -0.4 is 0 Å². The van der Waals surface area contributed by atoms with E-state index >= 15 is 0 Å². The summed E-state index contributed by atoms with van der Waals surface area (Å²) in [5.74, 6) is -0.858. The lowest BCUT2D eigenvalue weighted by molar-refractivity contribution is -0.167. The SMILES string of the molecule is CCCCCCCC/C=C/CCCCCCCCCC(=O)OC[C@@H](COC(=O)CCCCCCCCCCCCCCCC)OC(=O)CCCCCCCCC/C=C/CCCCCCCC. The van der Waals surface area contributed by atoms with E-state index in [0.29, 0.717) is 19.3 Å². The molecule has 0 N–H and O–H groups in total. The highest BCUT2D eigenvalue weighted by Crippen LogP contribution is 2.16. The molecule has 66 heavy (non-hydrogen) atoms. The maximum atomic E-state index is 12.9. The predicted molar refractivity (Wildman–Crippen MR) is 284 cm³/mol. The third-order valence-corrected chi connectivity index (χ3v) is 13.2. The number of allylic oxidation sites excluding steroid dienone is 4. The molecule has 388 valence electrons. The highest BCUT2D eigenvalue weighted by atomic mass is 16.6. The van der Waals surface area contributed by atoms with Gasteiger partial charge in [0.2, 0.25) is 0 Å². The summed E-state index contributed by atoms with van der Waals surface area (Å²) in [6.07, 6.45) is 64.5. The summed E-state index contributed by atoms with van der Waals surface area (Å²) in [7, 11) is 0. The smallest absolute Gasteiger partial charge is 0.306 e. The van der Waals surface area contributed by atoms with Crippen molar-refractivity contribution in [2.45, 2.75) is 329 Å². The molecule has 0 aromatic rings. The van der Waals surface area contributed by atoms with Gasteiger partial charge in [0.05, 0.1) is 0 Å². The number of ether oxygens (including phenoxy) is 3. The van der Waals surface area contributed by atoms with Gasteiger partial charge in [0.15, 0.2) is 6.10 Å². The Labute approximate surface area is 411 Å². The summed E-state index contributed by atoms with van der Waals surface area (Å²) in [6.45, 7) is 6.67. The number of hydrogen-bond acceptors (Lipinski definition) is 6.